The van der Waals surface area contributed by atoms with Gasteiger partial charge in [0, 0.05) is 5.56 Å². The maximum absolute atomic E-state index is 12.9. The van der Waals surface area contributed by atoms with E-state index in [-0.39, 0.29) is 16.1 Å². The topological polar surface area (TPSA) is 73.4 Å². The third-order valence-corrected chi connectivity index (χ3v) is 4.04. The van der Waals surface area contributed by atoms with Crippen LogP contribution in [0.1, 0.15) is 16.1 Å². The van der Waals surface area contributed by atoms with E-state index >= 15 is 0 Å². The van der Waals surface area contributed by atoms with Crippen molar-refractivity contribution in [1.29, 1.82) is 0 Å². The largest absolute Gasteiger partial charge is 0.493 e. The van der Waals surface area contributed by atoms with E-state index in [4.69, 9.17) is 26.4 Å². The van der Waals surface area contributed by atoms with Gasteiger partial charge in [-0.1, -0.05) is 24.4 Å². The highest BCUT2D eigenvalue weighted by Gasteiger charge is 2.20. The van der Waals surface area contributed by atoms with Crippen molar-refractivity contribution in [3.63, 3.8) is 0 Å². The molecule has 0 saturated carbocycles. The first-order chi connectivity index (χ1) is 12.1. The zero-order valence-electron chi connectivity index (χ0n) is 14.0. The third kappa shape index (κ3) is 3.06. The molecule has 0 atom stereocenters. The van der Waals surface area contributed by atoms with E-state index in [1.165, 1.54) is 21.3 Å². The van der Waals surface area contributed by atoms with Crippen molar-refractivity contribution in [3.8, 4) is 17.2 Å². The van der Waals surface area contributed by atoms with Crippen LogP contribution in [0.5, 0.6) is 17.2 Å². The minimum atomic E-state index is -0.328. The van der Waals surface area contributed by atoms with Gasteiger partial charge in [0.05, 0.1) is 32.4 Å². The maximum Gasteiger partial charge on any atom is 0.214 e. The van der Waals surface area contributed by atoms with Gasteiger partial charge in [-0.3, -0.25) is 4.79 Å². The number of hydrogen-bond donors (Lipinski definition) is 1. The van der Waals surface area contributed by atoms with Crippen molar-refractivity contribution in [2.45, 2.75) is 0 Å². The number of ether oxygens (including phenoxy) is 3. The fourth-order valence-corrected chi connectivity index (χ4v) is 2.78. The summed E-state index contributed by atoms with van der Waals surface area (Å²) < 4.78 is 16.1. The molecule has 0 fully saturated rings. The smallest absolute Gasteiger partial charge is 0.214 e. The minimum Gasteiger partial charge on any atom is -0.493 e. The first-order valence-corrected chi connectivity index (χ1v) is 7.83. The number of rotatable bonds is 5. The molecule has 0 saturated heterocycles. The van der Waals surface area contributed by atoms with E-state index in [0.29, 0.717) is 28.3 Å². The molecule has 1 heterocycles. The highest BCUT2D eigenvalue weighted by atomic mass is 32.1. The summed E-state index contributed by atoms with van der Waals surface area (Å²) in [6.07, 6.45) is 0. The second kappa shape index (κ2) is 6.90. The number of aromatic nitrogens is 2. The van der Waals surface area contributed by atoms with Gasteiger partial charge in [-0.25, -0.2) is 4.98 Å². The zero-order chi connectivity index (χ0) is 18.0. The van der Waals surface area contributed by atoms with Gasteiger partial charge in [0.25, 0.3) is 0 Å². The minimum absolute atomic E-state index is 0.169. The molecule has 2 aromatic carbocycles. The first-order valence-electron chi connectivity index (χ1n) is 7.42. The Hall–Kier alpha value is -2.93. The summed E-state index contributed by atoms with van der Waals surface area (Å²) in [4.78, 5) is 20.4. The Morgan fingerprint density at radius 2 is 1.68 bits per heavy atom. The highest BCUT2D eigenvalue weighted by molar-refractivity contribution is 7.71. The van der Waals surface area contributed by atoms with E-state index in [9.17, 15) is 4.79 Å². The van der Waals surface area contributed by atoms with Gasteiger partial charge in [0.15, 0.2) is 11.5 Å². The van der Waals surface area contributed by atoms with E-state index in [2.05, 4.69) is 9.97 Å². The van der Waals surface area contributed by atoms with Gasteiger partial charge in [0.1, 0.15) is 10.3 Å². The van der Waals surface area contributed by atoms with E-state index in [1.807, 2.05) is 24.3 Å². The van der Waals surface area contributed by atoms with Gasteiger partial charge in [0.2, 0.25) is 11.5 Å². The van der Waals surface area contributed by atoms with Crippen LogP contribution in [0.2, 0.25) is 0 Å². The number of carbonyl (C=O) groups excluding carboxylic acids is 1. The van der Waals surface area contributed by atoms with Crippen molar-refractivity contribution in [3.05, 3.63) is 52.3 Å². The molecule has 6 nitrogen and oxygen atoms in total. The molecule has 0 aliphatic rings. The summed E-state index contributed by atoms with van der Waals surface area (Å²) in [5.41, 5.74) is 1.94. The van der Waals surface area contributed by atoms with Crippen molar-refractivity contribution < 1.29 is 19.0 Å². The monoisotopic (exact) mass is 356 g/mol. The number of nitrogens with zero attached hydrogens (tertiary/aromatic N) is 1. The number of nitrogens with one attached hydrogen (secondary N) is 1. The van der Waals surface area contributed by atoms with Gasteiger partial charge in [-0.2, -0.15) is 0 Å². The second-order valence-corrected chi connectivity index (χ2v) is 5.58. The van der Waals surface area contributed by atoms with Gasteiger partial charge in [-0.05, 0) is 24.3 Å². The highest BCUT2D eigenvalue weighted by Crippen LogP contribution is 2.38. The lowest BCUT2D eigenvalue weighted by molar-refractivity contribution is 0.103. The molecule has 0 radical (unpaired) electrons. The average molecular weight is 356 g/mol. The van der Waals surface area contributed by atoms with Crippen LogP contribution in [0, 0.1) is 4.64 Å². The summed E-state index contributed by atoms with van der Waals surface area (Å²) >= 11 is 5.30. The predicted molar refractivity (Wildman–Crippen MR) is 96.5 cm³/mol. The molecule has 0 aliphatic carbocycles. The van der Waals surface area contributed by atoms with Crippen molar-refractivity contribution >= 4 is 29.0 Å². The molecule has 0 unspecified atom stereocenters. The molecule has 128 valence electrons. The van der Waals surface area contributed by atoms with E-state index in [1.54, 1.807) is 12.1 Å². The fourth-order valence-electron chi connectivity index (χ4n) is 2.53. The molecular weight excluding hydrogens is 340 g/mol. The Bertz CT molecular complexity index is 988. The average Bonchev–Trinajstić information content (AvgIpc) is 2.65. The summed E-state index contributed by atoms with van der Waals surface area (Å²) in [7, 11) is 4.49. The Morgan fingerprint density at radius 3 is 2.28 bits per heavy atom. The van der Waals surface area contributed by atoms with Gasteiger partial charge >= 0.3 is 0 Å². The Balaban J connectivity index is 2.15. The van der Waals surface area contributed by atoms with Crippen LogP contribution in [-0.2, 0) is 0 Å². The summed E-state index contributed by atoms with van der Waals surface area (Å²) in [5, 5.41) is 0. The molecule has 0 spiro atoms. The lowest BCUT2D eigenvalue weighted by atomic mass is 10.1. The number of fused-ring (bicyclic) bond motifs is 1. The normalized spacial score (nSPS) is 10.5. The van der Waals surface area contributed by atoms with E-state index < -0.39 is 0 Å². The predicted octanol–water partition coefficient (Wildman–Crippen LogP) is 3.55. The van der Waals surface area contributed by atoms with Crippen LogP contribution < -0.4 is 14.2 Å². The molecular formula is C18H16N2O4S. The lowest BCUT2D eigenvalue weighted by Crippen LogP contribution is -2.08. The molecule has 7 heteroatoms. The number of carbonyl (C=O) groups is 1. The molecule has 1 aromatic heterocycles. The van der Waals surface area contributed by atoms with Crippen LogP contribution in [0.25, 0.3) is 11.0 Å². The van der Waals surface area contributed by atoms with Crippen molar-refractivity contribution in [1.82, 2.24) is 9.97 Å². The second-order valence-electron chi connectivity index (χ2n) is 5.17. The summed E-state index contributed by atoms with van der Waals surface area (Å²) in [6.45, 7) is 0. The fraction of sp³-hybridized carbons (Fsp3) is 0.167. The standard InChI is InChI=1S/C18H16N2O4S/c1-22-13-8-10(9-14(23-2)17(13)24-3)16(21)15-18(25)20-12-7-5-4-6-11(12)19-15/h4-9H,1-3H3,(H,20,25). The van der Waals surface area contributed by atoms with Crippen LogP contribution in [0.15, 0.2) is 36.4 Å². The number of aromatic amines is 1. The van der Waals surface area contributed by atoms with E-state index in [0.717, 1.165) is 5.52 Å². The number of methoxy groups -OCH3 is 3. The van der Waals surface area contributed by atoms with Crippen LogP contribution in [0.4, 0.5) is 0 Å². The van der Waals surface area contributed by atoms with Gasteiger partial charge < -0.3 is 19.2 Å². The molecule has 3 rings (SSSR count). The Morgan fingerprint density at radius 1 is 1.04 bits per heavy atom. The van der Waals surface area contributed by atoms with Crippen LogP contribution in [-0.4, -0.2) is 37.1 Å². The first kappa shape index (κ1) is 16.9. The lowest BCUT2D eigenvalue weighted by Gasteiger charge is -2.13. The van der Waals surface area contributed by atoms with Gasteiger partial charge in [-0.15, -0.1) is 0 Å². The third-order valence-electron chi connectivity index (χ3n) is 3.74. The molecule has 0 aliphatic heterocycles. The van der Waals surface area contributed by atoms with Crippen LogP contribution in [0.3, 0.4) is 0 Å². The number of para-hydroxylation sites is 2. The molecule has 0 bridgehead atoms. The maximum atomic E-state index is 12.9. The summed E-state index contributed by atoms with van der Waals surface area (Å²) in [6, 6.07) is 10.5. The summed E-state index contributed by atoms with van der Waals surface area (Å²) in [5.74, 6) is 0.867. The van der Waals surface area contributed by atoms with Crippen molar-refractivity contribution in [2.24, 2.45) is 0 Å². The quantitative estimate of drug-likeness (QED) is 0.557. The number of hydrogen-bond acceptors (Lipinski definition) is 6. The Labute approximate surface area is 149 Å². The number of ketones is 1. The molecule has 1 N–H and O–H groups in total. The zero-order valence-corrected chi connectivity index (χ0v) is 14.8. The molecule has 25 heavy (non-hydrogen) atoms. The number of benzene rings is 2. The molecule has 3 aromatic rings. The van der Waals surface area contributed by atoms with Crippen molar-refractivity contribution in [2.75, 3.05) is 21.3 Å². The SMILES string of the molecule is COc1cc(C(=O)c2nc3ccccc3[nH]c2=S)cc(OC)c1OC. The number of H-pyrrole nitrogens is 1. The Kier molecular flexibility index (Phi) is 4.67. The molecule has 0 amide bonds. The van der Waals surface area contributed by atoms with Crippen LogP contribution >= 0.6 is 12.2 Å².